The van der Waals surface area contributed by atoms with Gasteiger partial charge in [-0.05, 0) is 47.9 Å². The number of hydrogen-bond acceptors (Lipinski definition) is 4. The van der Waals surface area contributed by atoms with Crippen LogP contribution >= 0.6 is 0 Å². The van der Waals surface area contributed by atoms with E-state index in [2.05, 4.69) is 22.8 Å². The minimum absolute atomic E-state index is 0.0615. The number of hydrogen-bond donors (Lipinski definition) is 3. The molecule has 0 heterocycles. The molecule has 0 aromatic heterocycles. The number of ether oxygens (including phenoxy) is 1. The van der Waals surface area contributed by atoms with E-state index in [-0.39, 0.29) is 24.9 Å². The van der Waals surface area contributed by atoms with Gasteiger partial charge in [-0.25, -0.2) is 4.79 Å². The molecule has 2 aromatic carbocycles. The topological polar surface area (TPSA) is 105 Å². The SMILES string of the molecule is C[C@@H](NC(=O)OCC1c2ccccc2-c2ccccc21)C(=O)NC(CC(=O)O)C1CCCCC1. The van der Waals surface area contributed by atoms with Crippen molar-refractivity contribution in [3.8, 4) is 11.1 Å². The van der Waals surface area contributed by atoms with E-state index in [1.54, 1.807) is 6.92 Å². The summed E-state index contributed by atoms with van der Waals surface area (Å²) in [5.74, 6) is -1.25. The van der Waals surface area contributed by atoms with Crippen LogP contribution in [0.25, 0.3) is 11.1 Å². The van der Waals surface area contributed by atoms with Crippen molar-refractivity contribution in [3.05, 3.63) is 59.7 Å². The van der Waals surface area contributed by atoms with E-state index in [1.165, 1.54) is 0 Å². The largest absolute Gasteiger partial charge is 0.481 e. The molecule has 7 nitrogen and oxygen atoms in total. The van der Waals surface area contributed by atoms with Gasteiger partial charge in [-0.15, -0.1) is 0 Å². The highest BCUT2D eigenvalue weighted by molar-refractivity contribution is 5.86. The van der Waals surface area contributed by atoms with E-state index in [0.29, 0.717) is 0 Å². The van der Waals surface area contributed by atoms with Crippen LogP contribution in [0.5, 0.6) is 0 Å². The molecule has 1 unspecified atom stereocenters. The van der Waals surface area contributed by atoms with Gasteiger partial charge in [0.25, 0.3) is 0 Å². The van der Waals surface area contributed by atoms with Crippen molar-refractivity contribution in [2.45, 2.75) is 63.5 Å². The Hall–Kier alpha value is -3.35. The Morgan fingerprint density at radius 2 is 1.53 bits per heavy atom. The van der Waals surface area contributed by atoms with Crippen LogP contribution in [-0.4, -0.2) is 41.8 Å². The molecule has 2 atom stereocenters. The maximum absolute atomic E-state index is 12.7. The molecular formula is C27H32N2O5. The minimum atomic E-state index is -0.937. The van der Waals surface area contributed by atoms with Gasteiger partial charge >= 0.3 is 12.1 Å². The summed E-state index contributed by atoms with van der Waals surface area (Å²) in [6.07, 6.45) is 4.27. The summed E-state index contributed by atoms with van der Waals surface area (Å²) < 4.78 is 5.52. The van der Waals surface area contributed by atoms with Gasteiger partial charge in [0.15, 0.2) is 0 Å². The molecule has 180 valence electrons. The first kappa shape index (κ1) is 23.8. The number of fused-ring (bicyclic) bond motifs is 3. The second-order valence-electron chi connectivity index (χ2n) is 9.30. The number of carboxylic acid groups (broad SMARTS) is 1. The van der Waals surface area contributed by atoms with Gasteiger partial charge in [-0.2, -0.15) is 0 Å². The van der Waals surface area contributed by atoms with E-state index in [1.807, 2.05) is 36.4 Å². The van der Waals surface area contributed by atoms with Gasteiger partial charge in [0.2, 0.25) is 5.91 Å². The Bertz CT molecular complexity index is 1000. The molecule has 1 fully saturated rings. The van der Waals surface area contributed by atoms with Gasteiger partial charge < -0.3 is 20.5 Å². The molecule has 1 saturated carbocycles. The molecule has 0 aliphatic heterocycles. The Kier molecular flexibility index (Phi) is 7.50. The summed E-state index contributed by atoms with van der Waals surface area (Å²) in [4.78, 5) is 36.5. The molecule has 2 amide bonds. The van der Waals surface area contributed by atoms with Gasteiger partial charge in [0.1, 0.15) is 12.6 Å². The van der Waals surface area contributed by atoms with Gasteiger partial charge in [-0.3, -0.25) is 9.59 Å². The number of nitrogens with one attached hydrogen (secondary N) is 2. The smallest absolute Gasteiger partial charge is 0.407 e. The van der Waals surface area contributed by atoms with Gasteiger partial charge in [0.05, 0.1) is 6.42 Å². The van der Waals surface area contributed by atoms with Crippen LogP contribution in [0.4, 0.5) is 4.79 Å². The Balaban J connectivity index is 1.33. The Morgan fingerprint density at radius 3 is 2.12 bits per heavy atom. The molecule has 0 saturated heterocycles. The number of alkyl carbamates (subject to hydrolysis) is 1. The summed E-state index contributed by atoms with van der Waals surface area (Å²) in [6.45, 7) is 1.74. The first-order valence-electron chi connectivity index (χ1n) is 12.1. The fourth-order valence-electron chi connectivity index (χ4n) is 5.25. The average molecular weight is 465 g/mol. The highest BCUT2D eigenvalue weighted by Gasteiger charge is 2.31. The molecule has 2 aliphatic carbocycles. The summed E-state index contributed by atoms with van der Waals surface area (Å²) in [7, 11) is 0. The quantitative estimate of drug-likeness (QED) is 0.535. The molecular weight excluding hydrogens is 432 g/mol. The highest BCUT2D eigenvalue weighted by atomic mass is 16.5. The maximum atomic E-state index is 12.7. The van der Waals surface area contributed by atoms with Crippen molar-refractivity contribution in [1.29, 1.82) is 0 Å². The van der Waals surface area contributed by atoms with E-state index < -0.39 is 30.1 Å². The molecule has 0 radical (unpaired) electrons. The van der Waals surface area contributed by atoms with Crippen molar-refractivity contribution < 1.29 is 24.2 Å². The van der Waals surface area contributed by atoms with Crippen LogP contribution in [0.15, 0.2) is 48.5 Å². The normalized spacial score (nSPS) is 17.2. The monoisotopic (exact) mass is 464 g/mol. The first-order chi connectivity index (χ1) is 16.4. The number of benzene rings is 2. The zero-order valence-electron chi connectivity index (χ0n) is 19.5. The molecule has 3 N–H and O–H groups in total. The Morgan fingerprint density at radius 1 is 0.941 bits per heavy atom. The number of amides is 2. The maximum Gasteiger partial charge on any atom is 0.407 e. The predicted octanol–water partition coefficient (Wildman–Crippen LogP) is 4.45. The fraction of sp³-hybridized carbons (Fsp3) is 0.444. The standard InChI is InChI=1S/C27H32N2O5/c1-17(26(32)29-24(15-25(30)31)18-9-3-2-4-10-18)28-27(33)34-16-23-21-13-7-5-11-19(21)20-12-6-8-14-22(20)23/h5-8,11-14,17-18,23-24H,2-4,9-10,15-16H2,1H3,(H,28,33)(H,29,32)(H,30,31)/t17-,24?/m1/s1. The minimum Gasteiger partial charge on any atom is -0.481 e. The van der Waals surface area contributed by atoms with Crippen molar-refractivity contribution in [2.24, 2.45) is 5.92 Å². The van der Waals surface area contributed by atoms with E-state index in [0.717, 1.165) is 54.4 Å². The third-order valence-corrected chi connectivity index (χ3v) is 7.01. The first-order valence-corrected chi connectivity index (χ1v) is 12.1. The third kappa shape index (κ3) is 5.41. The molecule has 7 heteroatoms. The van der Waals surface area contributed by atoms with E-state index in [9.17, 15) is 19.5 Å². The van der Waals surface area contributed by atoms with Crippen molar-refractivity contribution >= 4 is 18.0 Å². The lowest BCUT2D eigenvalue weighted by Crippen LogP contribution is -2.51. The van der Waals surface area contributed by atoms with Gasteiger partial charge in [0, 0.05) is 12.0 Å². The summed E-state index contributed by atoms with van der Waals surface area (Å²) >= 11 is 0. The van der Waals surface area contributed by atoms with E-state index >= 15 is 0 Å². The van der Waals surface area contributed by atoms with Crippen molar-refractivity contribution in [1.82, 2.24) is 10.6 Å². The molecule has 4 rings (SSSR count). The summed E-state index contributed by atoms with van der Waals surface area (Å²) in [5, 5.41) is 14.7. The average Bonchev–Trinajstić information content (AvgIpc) is 3.16. The summed E-state index contributed by atoms with van der Waals surface area (Å²) in [5.41, 5.74) is 4.52. The van der Waals surface area contributed by atoms with Crippen LogP contribution in [-0.2, 0) is 14.3 Å². The van der Waals surface area contributed by atoms with Crippen LogP contribution in [0.1, 0.15) is 62.5 Å². The van der Waals surface area contributed by atoms with E-state index in [4.69, 9.17) is 4.74 Å². The highest BCUT2D eigenvalue weighted by Crippen LogP contribution is 2.44. The number of carboxylic acids is 1. The second-order valence-corrected chi connectivity index (χ2v) is 9.30. The molecule has 2 aliphatic rings. The van der Waals surface area contributed by atoms with Crippen LogP contribution < -0.4 is 10.6 Å². The lowest BCUT2D eigenvalue weighted by molar-refractivity contribution is -0.138. The number of carbonyl (C=O) groups excluding carboxylic acids is 2. The zero-order chi connectivity index (χ0) is 24.1. The van der Waals surface area contributed by atoms with Crippen LogP contribution in [0.2, 0.25) is 0 Å². The van der Waals surface area contributed by atoms with Gasteiger partial charge in [-0.1, -0.05) is 67.8 Å². The predicted molar refractivity (Wildman–Crippen MR) is 128 cm³/mol. The molecule has 2 aromatic rings. The third-order valence-electron chi connectivity index (χ3n) is 7.01. The molecule has 0 bridgehead atoms. The molecule has 34 heavy (non-hydrogen) atoms. The number of aliphatic carboxylic acids is 1. The van der Waals surface area contributed by atoms with Crippen molar-refractivity contribution in [3.63, 3.8) is 0 Å². The summed E-state index contributed by atoms with van der Waals surface area (Å²) in [6, 6.07) is 14.9. The number of carbonyl (C=O) groups is 3. The van der Waals surface area contributed by atoms with Crippen LogP contribution in [0, 0.1) is 5.92 Å². The zero-order valence-corrected chi connectivity index (χ0v) is 19.5. The van der Waals surface area contributed by atoms with Crippen LogP contribution in [0.3, 0.4) is 0 Å². The Labute approximate surface area is 199 Å². The lowest BCUT2D eigenvalue weighted by atomic mass is 9.82. The van der Waals surface area contributed by atoms with Crippen molar-refractivity contribution in [2.75, 3.05) is 6.61 Å². The molecule has 0 spiro atoms. The second kappa shape index (κ2) is 10.7. The lowest BCUT2D eigenvalue weighted by Gasteiger charge is -2.31. The number of rotatable bonds is 8. The fourth-order valence-corrected chi connectivity index (χ4v) is 5.25.